The highest BCUT2D eigenvalue weighted by atomic mass is 16.4. The molecule has 0 aromatic carbocycles. The standard InChI is InChI=1S/C12H21NO3/c1-8(2)9(3)6-11(14)13(7-12(15)16)10-4-5-10/h8-10H,4-7H2,1-3H3,(H,15,16). The van der Waals surface area contributed by atoms with Crippen molar-refractivity contribution < 1.29 is 14.7 Å². The SMILES string of the molecule is CC(C)C(C)CC(=O)N(CC(=O)O)C1CC1. The van der Waals surface area contributed by atoms with Crippen molar-refractivity contribution in [3.8, 4) is 0 Å². The molecule has 4 nitrogen and oxygen atoms in total. The minimum Gasteiger partial charge on any atom is -0.480 e. The van der Waals surface area contributed by atoms with Crippen molar-refractivity contribution in [3.63, 3.8) is 0 Å². The number of amides is 1. The zero-order valence-corrected chi connectivity index (χ0v) is 10.3. The Bertz CT molecular complexity index is 271. The van der Waals surface area contributed by atoms with Crippen LogP contribution >= 0.6 is 0 Å². The monoisotopic (exact) mass is 227 g/mol. The summed E-state index contributed by atoms with van der Waals surface area (Å²) >= 11 is 0. The molecule has 1 saturated carbocycles. The maximum atomic E-state index is 11.9. The van der Waals surface area contributed by atoms with Crippen LogP contribution < -0.4 is 0 Å². The quantitative estimate of drug-likeness (QED) is 0.752. The highest BCUT2D eigenvalue weighted by Crippen LogP contribution is 2.28. The van der Waals surface area contributed by atoms with E-state index in [4.69, 9.17) is 5.11 Å². The van der Waals surface area contributed by atoms with Crippen LogP contribution in [-0.2, 0) is 9.59 Å². The Balaban J connectivity index is 2.50. The molecule has 0 spiro atoms. The van der Waals surface area contributed by atoms with Crippen molar-refractivity contribution in [2.75, 3.05) is 6.54 Å². The Morgan fingerprint density at radius 2 is 1.88 bits per heavy atom. The molecule has 0 aromatic heterocycles. The summed E-state index contributed by atoms with van der Waals surface area (Å²) in [4.78, 5) is 24.1. The first kappa shape index (κ1) is 13.0. The fourth-order valence-electron chi connectivity index (χ4n) is 1.58. The maximum absolute atomic E-state index is 11.9. The second-order valence-corrected chi connectivity index (χ2v) is 5.07. The molecule has 0 bridgehead atoms. The largest absolute Gasteiger partial charge is 0.480 e. The first-order chi connectivity index (χ1) is 7.41. The molecular formula is C12H21NO3. The number of carbonyl (C=O) groups is 2. The second-order valence-electron chi connectivity index (χ2n) is 5.07. The van der Waals surface area contributed by atoms with E-state index in [2.05, 4.69) is 13.8 Å². The number of hydrogen-bond acceptors (Lipinski definition) is 2. The number of carbonyl (C=O) groups excluding carboxylic acids is 1. The molecule has 1 atom stereocenters. The van der Waals surface area contributed by atoms with Crippen LogP contribution in [0.3, 0.4) is 0 Å². The summed E-state index contributed by atoms with van der Waals surface area (Å²) in [5.41, 5.74) is 0. The van der Waals surface area contributed by atoms with Gasteiger partial charge >= 0.3 is 5.97 Å². The van der Waals surface area contributed by atoms with Crippen LogP contribution in [0, 0.1) is 11.8 Å². The molecular weight excluding hydrogens is 206 g/mol. The zero-order chi connectivity index (χ0) is 12.3. The van der Waals surface area contributed by atoms with Gasteiger partial charge in [-0.25, -0.2) is 0 Å². The van der Waals surface area contributed by atoms with E-state index < -0.39 is 5.97 Å². The van der Waals surface area contributed by atoms with Crippen molar-refractivity contribution in [3.05, 3.63) is 0 Å². The highest BCUT2D eigenvalue weighted by molar-refractivity contribution is 5.82. The van der Waals surface area contributed by atoms with Crippen LogP contribution in [0.2, 0.25) is 0 Å². The molecule has 0 heterocycles. The molecule has 0 aromatic rings. The number of aliphatic carboxylic acids is 1. The number of hydrogen-bond donors (Lipinski definition) is 1. The number of rotatable bonds is 6. The topological polar surface area (TPSA) is 57.6 Å². The van der Waals surface area contributed by atoms with Gasteiger partial charge in [0.2, 0.25) is 5.91 Å². The van der Waals surface area contributed by atoms with Gasteiger partial charge in [0, 0.05) is 12.5 Å². The molecule has 1 amide bonds. The second kappa shape index (κ2) is 5.32. The first-order valence-electron chi connectivity index (χ1n) is 5.93. The van der Waals surface area contributed by atoms with Crippen molar-refractivity contribution in [2.24, 2.45) is 11.8 Å². The van der Waals surface area contributed by atoms with E-state index in [9.17, 15) is 9.59 Å². The van der Waals surface area contributed by atoms with Crippen molar-refractivity contribution in [1.29, 1.82) is 0 Å². The molecule has 16 heavy (non-hydrogen) atoms. The van der Waals surface area contributed by atoms with Crippen molar-refractivity contribution >= 4 is 11.9 Å². The third kappa shape index (κ3) is 3.83. The summed E-state index contributed by atoms with van der Waals surface area (Å²) in [6.07, 6.45) is 2.37. The van der Waals surface area contributed by atoms with Crippen LogP contribution in [0.1, 0.15) is 40.0 Å². The summed E-state index contributed by atoms with van der Waals surface area (Å²) in [7, 11) is 0. The Labute approximate surface area is 96.6 Å². The van der Waals surface area contributed by atoms with E-state index in [0.717, 1.165) is 12.8 Å². The van der Waals surface area contributed by atoms with E-state index in [1.54, 1.807) is 0 Å². The summed E-state index contributed by atoms with van der Waals surface area (Å²) in [5, 5.41) is 8.76. The normalized spacial score (nSPS) is 17.2. The van der Waals surface area contributed by atoms with E-state index in [1.165, 1.54) is 4.90 Å². The third-order valence-electron chi connectivity index (χ3n) is 3.25. The average molecular weight is 227 g/mol. The molecule has 0 aliphatic heterocycles. The van der Waals surface area contributed by atoms with E-state index in [0.29, 0.717) is 18.3 Å². The van der Waals surface area contributed by atoms with Crippen LogP contribution in [0.5, 0.6) is 0 Å². The predicted octanol–water partition coefficient (Wildman–Crippen LogP) is 1.74. The van der Waals surface area contributed by atoms with Crippen LogP contribution in [0.15, 0.2) is 0 Å². The summed E-state index contributed by atoms with van der Waals surface area (Å²) in [6, 6.07) is 0.183. The molecule has 0 saturated heterocycles. The van der Waals surface area contributed by atoms with Gasteiger partial charge in [-0.2, -0.15) is 0 Å². The first-order valence-corrected chi connectivity index (χ1v) is 5.93. The lowest BCUT2D eigenvalue weighted by molar-refractivity contribution is -0.145. The van der Waals surface area contributed by atoms with Gasteiger partial charge in [0.1, 0.15) is 6.54 Å². The van der Waals surface area contributed by atoms with Crippen molar-refractivity contribution in [2.45, 2.75) is 46.1 Å². The molecule has 1 unspecified atom stereocenters. The minimum absolute atomic E-state index is 0.00824. The van der Waals surface area contributed by atoms with E-state index >= 15 is 0 Å². The Morgan fingerprint density at radius 3 is 2.25 bits per heavy atom. The van der Waals surface area contributed by atoms with Gasteiger partial charge in [0.25, 0.3) is 0 Å². The smallest absolute Gasteiger partial charge is 0.323 e. The van der Waals surface area contributed by atoms with Gasteiger partial charge < -0.3 is 10.0 Å². The molecule has 92 valence electrons. The highest BCUT2D eigenvalue weighted by Gasteiger charge is 2.34. The van der Waals surface area contributed by atoms with Crippen LogP contribution in [0.4, 0.5) is 0 Å². The molecule has 1 fully saturated rings. The fraction of sp³-hybridized carbons (Fsp3) is 0.833. The van der Waals surface area contributed by atoms with E-state index in [-0.39, 0.29) is 18.5 Å². The molecule has 0 radical (unpaired) electrons. The maximum Gasteiger partial charge on any atom is 0.323 e. The van der Waals surface area contributed by atoms with Crippen LogP contribution in [0.25, 0.3) is 0 Å². The molecule has 1 rings (SSSR count). The van der Waals surface area contributed by atoms with Gasteiger partial charge in [0.15, 0.2) is 0 Å². The van der Waals surface area contributed by atoms with Crippen molar-refractivity contribution in [1.82, 2.24) is 4.90 Å². The Morgan fingerprint density at radius 1 is 1.31 bits per heavy atom. The summed E-state index contributed by atoms with van der Waals surface area (Å²) < 4.78 is 0. The third-order valence-corrected chi connectivity index (χ3v) is 3.25. The molecule has 1 aliphatic rings. The van der Waals surface area contributed by atoms with E-state index in [1.807, 2.05) is 6.92 Å². The Kier molecular flexibility index (Phi) is 4.33. The number of nitrogens with zero attached hydrogens (tertiary/aromatic N) is 1. The average Bonchev–Trinajstić information content (AvgIpc) is 2.96. The minimum atomic E-state index is -0.919. The van der Waals surface area contributed by atoms with Gasteiger partial charge in [0.05, 0.1) is 0 Å². The van der Waals surface area contributed by atoms with Gasteiger partial charge in [-0.3, -0.25) is 9.59 Å². The summed E-state index contributed by atoms with van der Waals surface area (Å²) in [5.74, 6) is -0.166. The number of carboxylic acids is 1. The fourth-order valence-corrected chi connectivity index (χ4v) is 1.58. The predicted molar refractivity (Wildman–Crippen MR) is 61.0 cm³/mol. The zero-order valence-electron chi connectivity index (χ0n) is 10.3. The molecule has 4 heteroatoms. The van der Waals surface area contributed by atoms with Gasteiger partial charge in [-0.15, -0.1) is 0 Å². The van der Waals surface area contributed by atoms with Gasteiger partial charge in [-0.1, -0.05) is 20.8 Å². The summed E-state index contributed by atoms with van der Waals surface area (Å²) in [6.45, 7) is 6.05. The molecule has 1 N–H and O–H groups in total. The van der Waals surface area contributed by atoms with Gasteiger partial charge in [-0.05, 0) is 24.7 Å². The molecule has 1 aliphatic carbocycles. The lowest BCUT2D eigenvalue weighted by Crippen LogP contribution is -2.38. The lowest BCUT2D eigenvalue weighted by atomic mass is 9.94. The van der Waals surface area contributed by atoms with Crippen LogP contribution in [-0.4, -0.2) is 34.5 Å². The lowest BCUT2D eigenvalue weighted by Gasteiger charge is -2.23. The number of carboxylic acid groups (broad SMARTS) is 1. The Hall–Kier alpha value is -1.06.